The minimum Gasteiger partial charge on any atom is -0.308 e. The summed E-state index contributed by atoms with van der Waals surface area (Å²) in [4.78, 5) is 23.4. The Labute approximate surface area is 200 Å². The Balaban J connectivity index is 0.00000341. The number of carbonyl (C=O) groups excluding carboxylic acids is 1. The lowest BCUT2D eigenvalue weighted by Gasteiger charge is -2.22. The first-order valence-electron chi connectivity index (χ1n) is 10.5. The highest BCUT2D eigenvalue weighted by atomic mass is 35.5. The molecule has 0 spiro atoms. The minimum absolute atomic E-state index is 0. The molecule has 3 aromatic rings. The number of hydrogen-bond acceptors (Lipinski definition) is 5. The Morgan fingerprint density at radius 2 is 1.81 bits per heavy atom. The molecule has 1 aromatic heterocycles. The third-order valence-corrected chi connectivity index (χ3v) is 6.88. The number of fused-ring (bicyclic) bond motifs is 1. The zero-order valence-electron chi connectivity index (χ0n) is 18.9. The standard InChI is InChI=1S/C24H31N3OS2.ClH/c1-6-19-8-7-9-21-23(19)25-24(30-21)27(15-14-26(4)5)22(28)16-18-10-12-20(13-11-18)29-17(2)3;/h7-13,17H,6,14-16H2,1-5H3;1H. The van der Waals surface area contributed by atoms with Crippen molar-refractivity contribution in [3.8, 4) is 0 Å². The second kappa shape index (κ2) is 11.9. The van der Waals surface area contributed by atoms with Crippen LogP contribution in [-0.4, -0.2) is 48.2 Å². The summed E-state index contributed by atoms with van der Waals surface area (Å²) in [6, 6.07) is 14.7. The average molecular weight is 478 g/mol. The number of nitrogens with zero attached hydrogens (tertiary/aromatic N) is 3. The van der Waals surface area contributed by atoms with Crippen molar-refractivity contribution in [2.45, 2.75) is 43.8 Å². The first kappa shape index (κ1) is 25.7. The van der Waals surface area contributed by atoms with Crippen LogP contribution in [0.1, 0.15) is 31.9 Å². The quantitative estimate of drug-likeness (QED) is 0.358. The number of rotatable bonds is 9. The monoisotopic (exact) mass is 477 g/mol. The Kier molecular flexibility index (Phi) is 9.82. The van der Waals surface area contributed by atoms with Crippen LogP contribution in [0, 0.1) is 0 Å². The molecule has 7 heteroatoms. The van der Waals surface area contributed by atoms with Crippen LogP contribution < -0.4 is 4.90 Å². The van der Waals surface area contributed by atoms with E-state index >= 15 is 0 Å². The summed E-state index contributed by atoms with van der Waals surface area (Å²) >= 11 is 3.44. The zero-order chi connectivity index (χ0) is 21.7. The van der Waals surface area contributed by atoms with Gasteiger partial charge in [0.05, 0.1) is 16.6 Å². The predicted octanol–water partition coefficient (Wildman–Crippen LogP) is 5.92. The summed E-state index contributed by atoms with van der Waals surface area (Å²) in [6.45, 7) is 7.95. The molecule has 2 aromatic carbocycles. The average Bonchev–Trinajstić information content (AvgIpc) is 3.12. The number of aromatic nitrogens is 1. The highest BCUT2D eigenvalue weighted by Gasteiger charge is 2.21. The van der Waals surface area contributed by atoms with Crippen LogP contribution in [0.5, 0.6) is 0 Å². The highest BCUT2D eigenvalue weighted by molar-refractivity contribution is 7.99. The van der Waals surface area contributed by atoms with Crippen molar-refractivity contribution in [2.24, 2.45) is 0 Å². The first-order valence-corrected chi connectivity index (χ1v) is 12.2. The molecule has 0 fully saturated rings. The van der Waals surface area contributed by atoms with Crippen LogP contribution >= 0.6 is 35.5 Å². The highest BCUT2D eigenvalue weighted by Crippen LogP contribution is 2.31. The predicted molar refractivity (Wildman–Crippen MR) is 138 cm³/mol. The third-order valence-electron chi connectivity index (χ3n) is 4.83. The Morgan fingerprint density at radius 3 is 2.42 bits per heavy atom. The molecular weight excluding hydrogens is 446 g/mol. The number of thiazole rings is 1. The van der Waals surface area contributed by atoms with Gasteiger partial charge in [-0.1, -0.05) is 56.4 Å². The van der Waals surface area contributed by atoms with Crippen LogP contribution in [0.3, 0.4) is 0 Å². The van der Waals surface area contributed by atoms with E-state index in [2.05, 4.69) is 68.1 Å². The molecule has 0 saturated heterocycles. The summed E-state index contributed by atoms with van der Waals surface area (Å²) in [5, 5.41) is 1.34. The van der Waals surface area contributed by atoms with Gasteiger partial charge in [-0.25, -0.2) is 4.98 Å². The fourth-order valence-corrected chi connectivity index (χ4v) is 5.14. The van der Waals surface area contributed by atoms with Crippen LogP contribution in [-0.2, 0) is 17.6 Å². The maximum Gasteiger partial charge on any atom is 0.233 e. The molecule has 0 N–H and O–H groups in total. The molecule has 168 valence electrons. The summed E-state index contributed by atoms with van der Waals surface area (Å²) in [6.07, 6.45) is 1.32. The summed E-state index contributed by atoms with van der Waals surface area (Å²) in [7, 11) is 4.06. The van der Waals surface area contributed by atoms with Crippen molar-refractivity contribution in [1.29, 1.82) is 0 Å². The molecule has 0 aliphatic heterocycles. The molecule has 4 nitrogen and oxygen atoms in total. The fraction of sp³-hybridized carbons (Fsp3) is 0.417. The van der Waals surface area contributed by atoms with E-state index < -0.39 is 0 Å². The van der Waals surface area contributed by atoms with Gasteiger partial charge >= 0.3 is 0 Å². The maximum absolute atomic E-state index is 13.3. The van der Waals surface area contributed by atoms with Crippen LogP contribution in [0.25, 0.3) is 10.2 Å². The van der Waals surface area contributed by atoms with Crippen LogP contribution in [0.2, 0.25) is 0 Å². The van der Waals surface area contributed by atoms with E-state index in [9.17, 15) is 4.79 Å². The fourth-order valence-electron chi connectivity index (χ4n) is 3.25. The number of anilines is 1. The lowest BCUT2D eigenvalue weighted by Crippen LogP contribution is -2.37. The van der Waals surface area contributed by atoms with E-state index in [-0.39, 0.29) is 18.3 Å². The normalized spacial score (nSPS) is 11.2. The van der Waals surface area contributed by atoms with Crippen molar-refractivity contribution in [3.63, 3.8) is 0 Å². The number of carbonyl (C=O) groups is 1. The number of halogens is 1. The number of likely N-dealkylation sites (N-methyl/N-ethyl adjacent to an activating group) is 1. The van der Waals surface area contributed by atoms with Gasteiger partial charge in [-0.2, -0.15) is 0 Å². The topological polar surface area (TPSA) is 36.4 Å². The van der Waals surface area contributed by atoms with Crippen molar-refractivity contribution in [2.75, 3.05) is 32.1 Å². The van der Waals surface area contributed by atoms with Crippen molar-refractivity contribution < 1.29 is 4.79 Å². The van der Waals surface area contributed by atoms with E-state index in [0.29, 0.717) is 18.2 Å². The third kappa shape index (κ3) is 6.94. The molecule has 1 amide bonds. The summed E-state index contributed by atoms with van der Waals surface area (Å²) in [5.74, 6) is 0.0956. The number of amides is 1. The molecule has 0 bridgehead atoms. The van der Waals surface area contributed by atoms with E-state index in [4.69, 9.17) is 4.98 Å². The lowest BCUT2D eigenvalue weighted by atomic mass is 10.1. The van der Waals surface area contributed by atoms with Gasteiger partial charge in [0.15, 0.2) is 5.13 Å². The zero-order valence-corrected chi connectivity index (χ0v) is 21.4. The van der Waals surface area contributed by atoms with Gasteiger partial charge in [0.1, 0.15) is 0 Å². The number of thioether (sulfide) groups is 1. The van der Waals surface area contributed by atoms with E-state index in [1.807, 2.05) is 30.8 Å². The molecule has 0 saturated carbocycles. The number of para-hydroxylation sites is 1. The first-order chi connectivity index (χ1) is 14.4. The SMILES string of the molecule is CCc1cccc2sc(N(CCN(C)C)C(=O)Cc3ccc(SC(C)C)cc3)nc12.Cl. The molecule has 31 heavy (non-hydrogen) atoms. The Bertz CT molecular complexity index is 986. The maximum atomic E-state index is 13.3. The van der Waals surface area contributed by atoms with Crippen molar-refractivity contribution in [3.05, 3.63) is 53.6 Å². The molecule has 3 rings (SSSR count). The molecule has 0 radical (unpaired) electrons. The second-order valence-corrected chi connectivity index (χ2v) is 10.6. The van der Waals surface area contributed by atoms with Gasteiger partial charge in [-0.15, -0.1) is 24.2 Å². The Morgan fingerprint density at radius 1 is 1.10 bits per heavy atom. The largest absolute Gasteiger partial charge is 0.308 e. The number of aryl methyl sites for hydroxylation is 1. The minimum atomic E-state index is 0. The second-order valence-electron chi connectivity index (χ2n) is 7.95. The van der Waals surface area contributed by atoms with E-state index in [1.54, 1.807) is 11.3 Å². The van der Waals surface area contributed by atoms with Gasteiger partial charge in [-0.3, -0.25) is 9.69 Å². The summed E-state index contributed by atoms with van der Waals surface area (Å²) in [5.41, 5.74) is 3.30. The van der Waals surface area contributed by atoms with Gasteiger partial charge in [0.2, 0.25) is 5.91 Å². The lowest BCUT2D eigenvalue weighted by molar-refractivity contribution is -0.118. The van der Waals surface area contributed by atoms with Gasteiger partial charge in [0.25, 0.3) is 0 Å². The van der Waals surface area contributed by atoms with E-state index in [1.165, 1.54) is 10.5 Å². The molecule has 0 aliphatic carbocycles. The van der Waals surface area contributed by atoms with Crippen LogP contribution in [0.4, 0.5) is 5.13 Å². The summed E-state index contributed by atoms with van der Waals surface area (Å²) < 4.78 is 1.14. The number of benzene rings is 2. The van der Waals surface area contributed by atoms with Gasteiger partial charge in [-0.05, 0) is 49.8 Å². The number of hydrogen-bond donors (Lipinski definition) is 0. The molecular formula is C24H32ClN3OS2. The van der Waals surface area contributed by atoms with Gasteiger partial charge in [0, 0.05) is 23.2 Å². The van der Waals surface area contributed by atoms with Crippen molar-refractivity contribution in [1.82, 2.24) is 9.88 Å². The van der Waals surface area contributed by atoms with Crippen molar-refractivity contribution >= 4 is 56.8 Å². The van der Waals surface area contributed by atoms with E-state index in [0.717, 1.165) is 33.9 Å². The molecule has 0 atom stereocenters. The Hall–Kier alpha value is -1.60. The molecule has 0 aliphatic rings. The molecule has 0 unspecified atom stereocenters. The van der Waals surface area contributed by atoms with Gasteiger partial charge < -0.3 is 4.90 Å². The molecule has 1 heterocycles. The van der Waals surface area contributed by atoms with Crippen LogP contribution in [0.15, 0.2) is 47.4 Å². The smallest absolute Gasteiger partial charge is 0.233 e.